The molecule has 3 saturated heterocycles. The second kappa shape index (κ2) is 14.2. The van der Waals surface area contributed by atoms with Gasteiger partial charge in [0.15, 0.2) is 24.8 Å². The Balaban J connectivity index is 1.33. The molecule has 2 aliphatic carbocycles. The van der Waals surface area contributed by atoms with E-state index in [1.54, 1.807) is 0 Å². The zero-order chi connectivity index (χ0) is 32.0. The fraction of sp³-hybridized carbons (Fsp3) is 1.00. The van der Waals surface area contributed by atoms with Gasteiger partial charge in [-0.1, -0.05) is 0 Å². The van der Waals surface area contributed by atoms with Crippen LogP contribution in [0.5, 0.6) is 0 Å². The molecule has 17 nitrogen and oxygen atoms in total. The molecule has 5 aliphatic rings. The molecule has 0 amide bonds. The van der Waals surface area contributed by atoms with Crippen LogP contribution in [0.1, 0.15) is 32.1 Å². The molecule has 44 heavy (non-hydrogen) atoms. The molecule has 0 radical (unpaired) electrons. The summed E-state index contributed by atoms with van der Waals surface area (Å²) in [4.78, 5) is 0. The van der Waals surface area contributed by atoms with Crippen molar-refractivity contribution in [2.75, 3.05) is 13.2 Å². The third-order valence-corrected chi connectivity index (χ3v) is 9.95. The van der Waals surface area contributed by atoms with Crippen molar-refractivity contribution in [2.24, 2.45) is 11.8 Å². The predicted molar refractivity (Wildman–Crippen MR) is 141 cm³/mol. The summed E-state index contributed by atoms with van der Waals surface area (Å²) >= 11 is 0. The van der Waals surface area contributed by atoms with E-state index >= 15 is 0 Å². The smallest absolute Gasteiger partial charge is 0.187 e. The van der Waals surface area contributed by atoms with Gasteiger partial charge < -0.3 is 85.0 Å². The van der Waals surface area contributed by atoms with E-state index < -0.39 is 129 Å². The Morgan fingerprint density at radius 3 is 1.48 bits per heavy atom. The quantitative estimate of drug-likeness (QED) is 0.115. The van der Waals surface area contributed by atoms with Gasteiger partial charge in [0.1, 0.15) is 61.0 Å². The van der Waals surface area contributed by atoms with E-state index in [1.807, 2.05) is 0 Å². The maximum absolute atomic E-state index is 11.0. The molecule has 5 rings (SSSR count). The molecule has 0 spiro atoms. The standard InChI is InChI=1S/C27H46O17/c28-6-16-19(34)21(36)23(38)26(43-16)41-14-3-8-4-15(42-27-24(39)22(37)20(35)17(7-29)44-27)25(40-13(8)5-10(14)30)9-1-11(31)18(33)12(32)2-9/h8-39H,1-7H2/p+1. The summed E-state index contributed by atoms with van der Waals surface area (Å²) in [6.07, 6.45) is -22.4. The van der Waals surface area contributed by atoms with E-state index in [-0.39, 0.29) is 38.0 Å². The molecule has 17 heteroatoms. The Bertz CT molecular complexity index is 915. The van der Waals surface area contributed by atoms with Crippen molar-refractivity contribution in [2.45, 2.75) is 142 Å². The second-order valence-corrected chi connectivity index (χ2v) is 12.8. The van der Waals surface area contributed by atoms with Gasteiger partial charge in [0.25, 0.3) is 0 Å². The van der Waals surface area contributed by atoms with Gasteiger partial charge in [0.05, 0.1) is 37.6 Å². The summed E-state index contributed by atoms with van der Waals surface area (Å²) in [6, 6.07) is 0. The van der Waals surface area contributed by atoms with Crippen LogP contribution in [0.2, 0.25) is 0 Å². The highest BCUT2D eigenvalue weighted by molar-refractivity contribution is 5.00. The molecule has 2 saturated carbocycles. The van der Waals surface area contributed by atoms with Crippen molar-refractivity contribution < 1.29 is 85.0 Å². The zero-order valence-electron chi connectivity index (χ0n) is 23.9. The maximum atomic E-state index is 11.0. The number of fused-ring (bicyclic) bond motifs is 1. The number of hydrogen-bond donors (Lipinski definition) is 12. The fourth-order valence-electron chi connectivity index (χ4n) is 7.34. The first-order valence-corrected chi connectivity index (χ1v) is 15.2. The monoisotopic (exact) mass is 643 g/mol. The molecule has 13 N–H and O–H groups in total. The van der Waals surface area contributed by atoms with Crippen LogP contribution in [0.4, 0.5) is 0 Å². The summed E-state index contributed by atoms with van der Waals surface area (Å²) in [5.41, 5.74) is 0. The van der Waals surface area contributed by atoms with Crippen molar-refractivity contribution in [1.29, 1.82) is 0 Å². The average molecular weight is 644 g/mol. The van der Waals surface area contributed by atoms with E-state index in [9.17, 15) is 61.3 Å². The number of rotatable bonds is 7. The molecular weight excluding hydrogens is 596 g/mol. The van der Waals surface area contributed by atoms with Gasteiger partial charge >= 0.3 is 0 Å². The highest BCUT2D eigenvalue weighted by Gasteiger charge is 2.56. The first-order chi connectivity index (χ1) is 20.8. The summed E-state index contributed by atoms with van der Waals surface area (Å²) in [5.74, 6) is -0.803. The van der Waals surface area contributed by atoms with Gasteiger partial charge in [-0.05, 0) is 25.7 Å². The average Bonchev–Trinajstić information content (AvgIpc) is 3.00. The third-order valence-electron chi connectivity index (χ3n) is 9.95. The lowest BCUT2D eigenvalue weighted by Gasteiger charge is -2.49. The van der Waals surface area contributed by atoms with Gasteiger partial charge in [-0.2, -0.15) is 0 Å². The van der Waals surface area contributed by atoms with Crippen molar-refractivity contribution in [3.05, 3.63) is 0 Å². The van der Waals surface area contributed by atoms with E-state index in [0.717, 1.165) is 0 Å². The molecule has 3 heterocycles. The Kier molecular flexibility index (Phi) is 11.2. The molecule has 18 unspecified atom stereocenters. The van der Waals surface area contributed by atoms with Crippen LogP contribution in [0.25, 0.3) is 0 Å². The van der Waals surface area contributed by atoms with Crippen molar-refractivity contribution in [1.82, 2.24) is 0 Å². The summed E-state index contributed by atoms with van der Waals surface area (Å²) < 4.78 is 28.0. The lowest BCUT2D eigenvalue weighted by Crippen LogP contribution is -2.63. The van der Waals surface area contributed by atoms with Crippen LogP contribution in [0, 0.1) is 11.8 Å². The minimum absolute atomic E-state index is 0.0731. The molecule has 5 fully saturated rings. The molecule has 0 bridgehead atoms. The molecular formula is C27H47O17+. The SMILES string of the molecule is OCC1OC(OC2CC3CC(OC4OC(CO)C(O)C(O)C4O)C(C4CC(O)C(O)C(O)C4)[OH+]C3CC2O)C(O)C(O)C1O. The predicted octanol–water partition coefficient (Wildman–Crippen LogP) is -6.71. The van der Waals surface area contributed by atoms with Crippen molar-refractivity contribution in [3.8, 4) is 0 Å². The Hall–Kier alpha value is -0.680. The van der Waals surface area contributed by atoms with Crippen molar-refractivity contribution in [3.63, 3.8) is 0 Å². The molecule has 18 atom stereocenters. The Labute approximate surface area is 252 Å². The second-order valence-electron chi connectivity index (χ2n) is 12.8. The Morgan fingerprint density at radius 2 is 0.977 bits per heavy atom. The van der Waals surface area contributed by atoms with Gasteiger partial charge in [-0.15, -0.1) is 0 Å². The lowest BCUT2D eigenvalue weighted by molar-refractivity contribution is -0.361. The number of ether oxygens (including phenoxy) is 5. The van der Waals surface area contributed by atoms with Crippen LogP contribution in [-0.4, -0.2) is 189 Å². The number of aliphatic hydroxyl groups is 14. The minimum Gasteiger partial charge on any atom is -0.427 e. The lowest BCUT2D eigenvalue weighted by atomic mass is 9.72. The van der Waals surface area contributed by atoms with Crippen LogP contribution in [0.15, 0.2) is 0 Å². The van der Waals surface area contributed by atoms with Crippen LogP contribution in [0.3, 0.4) is 0 Å². The first-order valence-electron chi connectivity index (χ1n) is 15.2. The topological polar surface area (TPSA) is 292 Å². The molecule has 3 aliphatic heterocycles. The van der Waals surface area contributed by atoms with Crippen molar-refractivity contribution >= 4 is 0 Å². The first kappa shape index (κ1) is 34.6. The highest BCUT2D eigenvalue weighted by atomic mass is 16.7. The van der Waals surface area contributed by atoms with Crippen LogP contribution < -0.4 is 0 Å². The van der Waals surface area contributed by atoms with E-state index in [4.69, 9.17) is 23.7 Å². The molecule has 0 aromatic heterocycles. The normalized spacial score (nSPS) is 55.4. The van der Waals surface area contributed by atoms with E-state index in [2.05, 4.69) is 0 Å². The molecule has 0 aromatic rings. The fourth-order valence-corrected chi connectivity index (χ4v) is 7.34. The van der Waals surface area contributed by atoms with Gasteiger partial charge in [-0.3, -0.25) is 0 Å². The van der Waals surface area contributed by atoms with Gasteiger partial charge in [0, 0.05) is 18.3 Å². The third kappa shape index (κ3) is 6.81. The van der Waals surface area contributed by atoms with Crippen LogP contribution >= 0.6 is 0 Å². The van der Waals surface area contributed by atoms with E-state index in [0.29, 0.717) is 0 Å². The minimum atomic E-state index is -1.69. The summed E-state index contributed by atoms with van der Waals surface area (Å²) in [6.45, 7) is -1.32. The van der Waals surface area contributed by atoms with Gasteiger partial charge in [0.2, 0.25) is 0 Å². The molecule has 0 aromatic carbocycles. The van der Waals surface area contributed by atoms with Gasteiger partial charge in [-0.25, -0.2) is 0 Å². The number of hydrogen-bond acceptors (Lipinski definition) is 16. The number of aliphatic hydroxyl groups excluding tert-OH is 12. The molecule has 256 valence electrons. The summed E-state index contributed by atoms with van der Waals surface area (Å²) in [5, 5.41) is 123. The zero-order valence-corrected chi connectivity index (χ0v) is 23.9. The Morgan fingerprint density at radius 1 is 0.500 bits per heavy atom. The largest absolute Gasteiger partial charge is 0.427 e. The van der Waals surface area contributed by atoms with E-state index in [1.165, 1.54) is 0 Å². The van der Waals surface area contributed by atoms with Crippen LogP contribution in [-0.2, 0) is 18.9 Å². The highest BCUT2D eigenvalue weighted by Crippen LogP contribution is 2.43. The maximum Gasteiger partial charge on any atom is 0.187 e. The summed E-state index contributed by atoms with van der Waals surface area (Å²) in [7, 11) is 0.